The lowest BCUT2D eigenvalue weighted by Gasteiger charge is -2.12. The van der Waals surface area contributed by atoms with E-state index in [4.69, 9.17) is 0 Å². The Morgan fingerprint density at radius 3 is 2.80 bits per heavy atom. The van der Waals surface area contributed by atoms with Gasteiger partial charge in [-0.2, -0.15) is 0 Å². The lowest BCUT2D eigenvalue weighted by molar-refractivity contribution is 0.504. The van der Waals surface area contributed by atoms with Crippen molar-refractivity contribution in [1.29, 1.82) is 0 Å². The molecule has 0 nitrogen and oxygen atoms in total. The molecule has 0 amide bonds. The molecule has 0 saturated heterocycles. The van der Waals surface area contributed by atoms with Crippen molar-refractivity contribution in [3.05, 3.63) is 34.9 Å². The SMILES string of the molecule is CC1CCc2c(F)cc(F)cc2C(Br)C1. The first-order valence-electron chi connectivity index (χ1n) is 5.20. The van der Waals surface area contributed by atoms with E-state index in [1.54, 1.807) is 0 Å². The fraction of sp³-hybridized carbons (Fsp3) is 0.500. The fourth-order valence-corrected chi connectivity index (χ4v) is 3.20. The van der Waals surface area contributed by atoms with Crippen molar-refractivity contribution in [2.24, 2.45) is 5.92 Å². The molecule has 1 aromatic carbocycles. The van der Waals surface area contributed by atoms with E-state index in [0.717, 1.165) is 24.5 Å². The third-order valence-electron chi connectivity index (χ3n) is 3.03. The van der Waals surface area contributed by atoms with Gasteiger partial charge in [0.1, 0.15) is 11.6 Å². The van der Waals surface area contributed by atoms with Crippen LogP contribution in [-0.2, 0) is 6.42 Å². The standard InChI is InChI=1S/C12H13BrF2/c1-7-2-3-9-10(11(13)4-7)5-8(14)6-12(9)15/h5-7,11H,2-4H2,1H3. The Kier molecular flexibility index (Phi) is 3.10. The molecule has 2 atom stereocenters. The molecule has 2 rings (SSSR count). The summed E-state index contributed by atoms with van der Waals surface area (Å²) in [5.41, 5.74) is 1.47. The highest BCUT2D eigenvalue weighted by Gasteiger charge is 2.23. The van der Waals surface area contributed by atoms with Crippen molar-refractivity contribution in [2.45, 2.75) is 31.0 Å². The van der Waals surface area contributed by atoms with Gasteiger partial charge < -0.3 is 0 Å². The Balaban J connectivity index is 2.48. The smallest absolute Gasteiger partial charge is 0.129 e. The summed E-state index contributed by atoms with van der Waals surface area (Å²) in [6.45, 7) is 2.15. The molecule has 82 valence electrons. The average molecular weight is 275 g/mol. The second-order valence-corrected chi connectivity index (χ2v) is 5.41. The van der Waals surface area contributed by atoms with E-state index in [1.807, 2.05) is 0 Å². The monoisotopic (exact) mass is 274 g/mol. The minimum atomic E-state index is -0.481. The lowest BCUT2D eigenvalue weighted by atomic mass is 10.0. The maximum absolute atomic E-state index is 13.6. The van der Waals surface area contributed by atoms with Crippen molar-refractivity contribution in [2.75, 3.05) is 0 Å². The van der Waals surface area contributed by atoms with Crippen LogP contribution in [0.25, 0.3) is 0 Å². The first-order valence-corrected chi connectivity index (χ1v) is 6.11. The van der Waals surface area contributed by atoms with Crippen molar-refractivity contribution < 1.29 is 8.78 Å². The molecule has 1 aliphatic rings. The second kappa shape index (κ2) is 4.20. The molecule has 1 aliphatic carbocycles. The highest BCUT2D eigenvalue weighted by molar-refractivity contribution is 9.09. The maximum atomic E-state index is 13.6. The Morgan fingerprint density at radius 1 is 1.33 bits per heavy atom. The number of benzene rings is 1. The van der Waals surface area contributed by atoms with Crippen LogP contribution in [0.5, 0.6) is 0 Å². The summed E-state index contributed by atoms with van der Waals surface area (Å²) in [6, 6.07) is 2.43. The van der Waals surface area contributed by atoms with Crippen molar-refractivity contribution in [1.82, 2.24) is 0 Å². The molecule has 2 unspecified atom stereocenters. The van der Waals surface area contributed by atoms with E-state index < -0.39 is 11.6 Å². The Hall–Kier alpha value is -0.440. The van der Waals surface area contributed by atoms with Gasteiger partial charge in [-0.25, -0.2) is 8.78 Å². The molecule has 0 fully saturated rings. The molecule has 15 heavy (non-hydrogen) atoms. The van der Waals surface area contributed by atoms with E-state index >= 15 is 0 Å². The van der Waals surface area contributed by atoms with Crippen LogP contribution < -0.4 is 0 Å². The van der Waals surface area contributed by atoms with E-state index in [1.165, 1.54) is 6.07 Å². The van der Waals surface area contributed by atoms with Gasteiger partial charge >= 0.3 is 0 Å². The topological polar surface area (TPSA) is 0 Å². The quantitative estimate of drug-likeness (QED) is 0.487. The minimum absolute atomic E-state index is 0.0789. The van der Waals surface area contributed by atoms with Gasteiger partial charge in [-0.1, -0.05) is 22.9 Å². The number of fused-ring (bicyclic) bond motifs is 1. The zero-order chi connectivity index (χ0) is 11.0. The van der Waals surface area contributed by atoms with Crippen LogP contribution in [0, 0.1) is 17.6 Å². The number of hydrogen-bond donors (Lipinski definition) is 0. The Bertz CT molecular complexity index is 376. The number of hydrogen-bond acceptors (Lipinski definition) is 0. The molecule has 0 radical (unpaired) electrons. The van der Waals surface area contributed by atoms with Gasteiger partial charge in [0.15, 0.2) is 0 Å². The molecular formula is C12H13BrF2. The molecule has 0 bridgehead atoms. The fourth-order valence-electron chi connectivity index (χ4n) is 2.16. The van der Waals surface area contributed by atoms with Crippen LogP contribution in [0.4, 0.5) is 8.78 Å². The van der Waals surface area contributed by atoms with Crippen LogP contribution in [0.3, 0.4) is 0 Å². The third kappa shape index (κ3) is 2.22. The zero-order valence-electron chi connectivity index (χ0n) is 8.56. The maximum Gasteiger partial charge on any atom is 0.129 e. The number of halogens is 3. The molecule has 3 heteroatoms. The zero-order valence-corrected chi connectivity index (χ0v) is 10.2. The van der Waals surface area contributed by atoms with Gasteiger partial charge in [-0.3, -0.25) is 0 Å². The van der Waals surface area contributed by atoms with Crippen LogP contribution in [0.15, 0.2) is 12.1 Å². The molecular weight excluding hydrogens is 262 g/mol. The predicted molar refractivity (Wildman–Crippen MR) is 60.1 cm³/mol. The molecule has 1 aromatic rings. The highest BCUT2D eigenvalue weighted by Crippen LogP contribution is 2.38. The second-order valence-electron chi connectivity index (χ2n) is 4.30. The van der Waals surface area contributed by atoms with Gasteiger partial charge in [-0.05, 0) is 42.4 Å². The minimum Gasteiger partial charge on any atom is -0.207 e. The van der Waals surface area contributed by atoms with Gasteiger partial charge in [-0.15, -0.1) is 0 Å². The van der Waals surface area contributed by atoms with Crippen LogP contribution >= 0.6 is 15.9 Å². The molecule has 0 heterocycles. The van der Waals surface area contributed by atoms with Gasteiger partial charge in [0, 0.05) is 10.9 Å². The van der Waals surface area contributed by atoms with E-state index in [9.17, 15) is 8.78 Å². The van der Waals surface area contributed by atoms with Crippen LogP contribution in [0.1, 0.15) is 35.7 Å². The van der Waals surface area contributed by atoms with Crippen molar-refractivity contribution in [3.63, 3.8) is 0 Å². The van der Waals surface area contributed by atoms with Crippen LogP contribution in [0.2, 0.25) is 0 Å². The van der Waals surface area contributed by atoms with Gasteiger partial charge in [0.05, 0.1) is 0 Å². The van der Waals surface area contributed by atoms with Crippen molar-refractivity contribution in [3.8, 4) is 0 Å². The summed E-state index contributed by atoms with van der Waals surface area (Å²) in [5, 5.41) is 0. The predicted octanol–water partition coefficient (Wildman–Crippen LogP) is 4.37. The molecule has 0 N–H and O–H groups in total. The van der Waals surface area contributed by atoms with Crippen molar-refractivity contribution >= 4 is 15.9 Å². The van der Waals surface area contributed by atoms with Gasteiger partial charge in [0.2, 0.25) is 0 Å². The van der Waals surface area contributed by atoms with Crippen LogP contribution in [-0.4, -0.2) is 0 Å². The average Bonchev–Trinajstić information content (AvgIpc) is 2.27. The largest absolute Gasteiger partial charge is 0.207 e. The number of alkyl halides is 1. The summed E-state index contributed by atoms with van der Waals surface area (Å²) >= 11 is 3.51. The lowest BCUT2D eigenvalue weighted by Crippen LogP contribution is -1.99. The molecule has 0 aliphatic heterocycles. The molecule has 0 saturated carbocycles. The normalized spacial score (nSPS) is 25.9. The van der Waals surface area contributed by atoms with E-state index in [0.29, 0.717) is 17.9 Å². The summed E-state index contributed by atoms with van der Waals surface area (Å²) in [5.74, 6) is -0.335. The Morgan fingerprint density at radius 2 is 2.07 bits per heavy atom. The number of rotatable bonds is 0. The van der Waals surface area contributed by atoms with E-state index in [2.05, 4.69) is 22.9 Å². The first-order chi connectivity index (χ1) is 7.08. The summed E-state index contributed by atoms with van der Waals surface area (Å²) in [7, 11) is 0. The Labute approximate surface area is 96.8 Å². The summed E-state index contributed by atoms with van der Waals surface area (Å²) in [4.78, 5) is 0.0789. The molecule has 0 aromatic heterocycles. The third-order valence-corrected chi connectivity index (χ3v) is 3.90. The first kappa shape index (κ1) is 11.1. The van der Waals surface area contributed by atoms with Gasteiger partial charge in [0.25, 0.3) is 0 Å². The molecule has 0 spiro atoms. The highest BCUT2D eigenvalue weighted by atomic mass is 79.9. The summed E-state index contributed by atoms with van der Waals surface area (Å²) in [6.07, 6.45) is 2.62. The van der Waals surface area contributed by atoms with E-state index in [-0.39, 0.29) is 4.83 Å². The summed E-state index contributed by atoms with van der Waals surface area (Å²) < 4.78 is 26.7.